The van der Waals surface area contributed by atoms with E-state index in [0.29, 0.717) is 12.2 Å². The number of hydrogen-bond acceptors (Lipinski definition) is 4. The number of alkyl halides is 1. The lowest BCUT2D eigenvalue weighted by Crippen LogP contribution is -2.66. The normalized spacial score (nSPS) is 36.3. The first-order valence-corrected chi connectivity index (χ1v) is 10.4. The topological polar surface area (TPSA) is 39.7 Å². The van der Waals surface area contributed by atoms with E-state index in [-0.39, 0.29) is 5.60 Å². The molecule has 3 aliphatic carbocycles. The smallest absolute Gasteiger partial charge is 0.166 e. The lowest BCUT2D eigenvalue weighted by atomic mass is 9.52. The summed E-state index contributed by atoms with van der Waals surface area (Å²) in [5.41, 5.74) is 1.65. The second-order valence-electron chi connectivity index (χ2n) is 8.79. The molecule has 0 saturated heterocycles. The van der Waals surface area contributed by atoms with E-state index in [0.717, 1.165) is 56.0 Å². The highest BCUT2D eigenvalue weighted by Gasteiger charge is 2.68. The number of ether oxygens (including phenoxy) is 3. The molecular formula is C22H30FNO3. The Balaban J connectivity index is 1.60. The molecule has 1 N–H and O–H groups in total. The van der Waals surface area contributed by atoms with Gasteiger partial charge < -0.3 is 19.5 Å². The van der Waals surface area contributed by atoms with E-state index >= 15 is 4.39 Å². The minimum absolute atomic E-state index is 0.355. The molecule has 1 heterocycles. The summed E-state index contributed by atoms with van der Waals surface area (Å²) in [7, 11) is 3.46. The maximum Gasteiger partial charge on any atom is 0.166 e. The lowest BCUT2D eigenvalue weighted by molar-refractivity contribution is -0.159. The predicted octanol–water partition coefficient (Wildman–Crippen LogP) is 3.55. The van der Waals surface area contributed by atoms with Gasteiger partial charge in [0.25, 0.3) is 0 Å². The van der Waals surface area contributed by atoms with Crippen LogP contribution in [0.4, 0.5) is 4.39 Å². The second kappa shape index (κ2) is 6.35. The van der Waals surface area contributed by atoms with Gasteiger partial charge in [-0.1, -0.05) is 6.07 Å². The van der Waals surface area contributed by atoms with Gasteiger partial charge in [0.05, 0.1) is 18.1 Å². The van der Waals surface area contributed by atoms with Gasteiger partial charge in [0.15, 0.2) is 11.5 Å². The predicted molar refractivity (Wildman–Crippen MR) is 101 cm³/mol. The molecule has 4 nitrogen and oxygen atoms in total. The van der Waals surface area contributed by atoms with E-state index in [2.05, 4.69) is 11.4 Å². The van der Waals surface area contributed by atoms with E-state index in [4.69, 9.17) is 14.2 Å². The molecule has 4 aliphatic rings. The van der Waals surface area contributed by atoms with E-state index < -0.39 is 17.7 Å². The van der Waals surface area contributed by atoms with Crippen molar-refractivity contribution >= 4 is 0 Å². The Bertz CT molecular complexity index is 737. The average molecular weight is 375 g/mol. The van der Waals surface area contributed by atoms with Crippen LogP contribution in [-0.2, 0) is 16.6 Å². The van der Waals surface area contributed by atoms with Gasteiger partial charge in [0.2, 0.25) is 0 Å². The number of aryl methyl sites for hydroxylation is 1. The highest BCUT2D eigenvalue weighted by atomic mass is 19.1. The van der Waals surface area contributed by atoms with Gasteiger partial charge in [0, 0.05) is 12.7 Å². The third-order valence-electron chi connectivity index (χ3n) is 7.58. The molecule has 0 spiro atoms. The zero-order valence-electron chi connectivity index (χ0n) is 16.4. The van der Waals surface area contributed by atoms with Crippen molar-refractivity contribution in [1.29, 1.82) is 0 Å². The summed E-state index contributed by atoms with van der Waals surface area (Å²) in [6.45, 7) is 1.93. The zero-order chi connectivity index (χ0) is 18.6. The summed E-state index contributed by atoms with van der Waals surface area (Å²) in [6, 6.07) is 4.11. The number of nitrogens with one attached hydrogen (secondary N) is 1. The minimum atomic E-state index is -0.972. The molecule has 0 bridgehead atoms. The Morgan fingerprint density at radius 3 is 2.81 bits per heavy atom. The summed E-state index contributed by atoms with van der Waals surface area (Å²) in [4.78, 5) is 0. The van der Waals surface area contributed by atoms with Gasteiger partial charge in [-0.25, -0.2) is 4.39 Å². The van der Waals surface area contributed by atoms with Crippen LogP contribution in [-0.4, -0.2) is 45.2 Å². The first-order valence-electron chi connectivity index (χ1n) is 10.4. The molecule has 4 atom stereocenters. The van der Waals surface area contributed by atoms with Crippen molar-refractivity contribution in [2.75, 3.05) is 27.3 Å². The van der Waals surface area contributed by atoms with E-state index in [9.17, 15) is 0 Å². The number of benzene rings is 1. The van der Waals surface area contributed by atoms with E-state index in [1.165, 1.54) is 18.4 Å². The van der Waals surface area contributed by atoms with Gasteiger partial charge in [-0.2, -0.15) is 0 Å². The van der Waals surface area contributed by atoms with Crippen molar-refractivity contribution < 1.29 is 18.6 Å². The number of halogens is 1. The molecule has 0 amide bonds. The zero-order valence-corrected chi connectivity index (χ0v) is 16.4. The molecule has 0 aromatic heterocycles. The van der Waals surface area contributed by atoms with Crippen molar-refractivity contribution in [3.63, 3.8) is 0 Å². The molecular weight excluding hydrogens is 345 g/mol. The fourth-order valence-corrected chi connectivity index (χ4v) is 6.04. The number of rotatable bonds is 7. The summed E-state index contributed by atoms with van der Waals surface area (Å²) in [5, 5.41) is 3.62. The number of methoxy groups -OCH3 is 2. The summed E-state index contributed by atoms with van der Waals surface area (Å²) >= 11 is 0. The summed E-state index contributed by atoms with van der Waals surface area (Å²) in [6.07, 6.45) is 5.18. The fourth-order valence-electron chi connectivity index (χ4n) is 6.04. The van der Waals surface area contributed by atoms with Crippen LogP contribution >= 0.6 is 0 Å². The van der Waals surface area contributed by atoms with Crippen molar-refractivity contribution in [2.45, 2.75) is 68.2 Å². The van der Waals surface area contributed by atoms with Crippen LogP contribution in [0.15, 0.2) is 12.1 Å². The van der Waals surface area contributed by atoms with Crippen molar-refractivity contribution in [2.24, 2.45) is 5.92 Å². The van der Waals surface area contributed by atoms with Crippen LogP contribution in [0.3, 0.4) is 0 Å². The Kier molecular flexibility index (Phi) is 4.17. The molecule has 5 rings (SSSR count). The minimum Gasteiger partial charge on any atom is -0.493 e. The number of hydrogen-bond donors (Lipinski definition) is 1. The van der Waals surface area contributed by atoms with Gasteiger partial charge in [-0.05, 0) is 75.6 Å². The standard InChI is InChI=1S/C22H30FNO3/c1-25-17-6-5-15-7-9-21(26-2)10-8-16(23)20-22(21,18(15)19(17)27-20)11-12-24-13-14-3-4-14/h5-6,14,16,20,24H,3-4,7-13H2,1-2H3/t16?,20-,21-,22-/m1/s1. The van der Waals surface area contributed by atoms with Crippen LogP contribution in [0.5, 0.6) is 11.5 Å². The molecule has 5 heteroatoms. The quantitative estimate of drug-likeness (QED) is 0.740. The first kappa shape index (κ1) is 17.7. The third-order valence-corrected chi connectivity index (χ3v) is 7.58. The maximum atomic E-state index is 15.2. The third kappa shape index (κ3) is 2.40. The van der Waals surface area contributed by atoms with Gasteiger partial charge in [-0.15, -0.1) is 0 Å². The van der Waals surface area contributed by atoms with Crippen molar-refractivity contribution in [1.82, 2.24) is 5.32 Å². The molecule has 148 valence electrons. The first-order chi connectivity index (χ1) is 13.1. The van der Waals surface area contributed by atoms with Crippen LogP contribution in [0.2, 0.25) is 0 Å². The monoisotopic (exact) mass is 375 g/mol. The summed E-state index contributed by atoms with van der Waals surface area (Å²) in [5.74, 6) is 2.31. The molecule has 1 unspecified atom stereocenters. The van der Waals surface area contributed by atoms with Crippen molar-refractivity contribution in [3.05, 3.63) is 23.3 Å². The highest BCUT2D eigenvalue weighted by Crippen LogP contribution is 2.64. The van der Waals surface area contributed by atoms with Gasteiger partial charge in [0.1, 0.15) is 12.3 Å². The highest BCUT2D eigenvalue weighted by molar-refractivity contribution is 5.61. The van der Waals surface area contributed by atoms with E-state index in [1.807, 2.05) is 6.07 Å². The largest absolute Gasteiger partial charge is 0.493 e. The van der Waals surface area contributed by atoms with Gasteiger partial charge in [-0.3, -0.25) is 0 Å². The lowest BCUT2D eigenvalue weighted by Gasteiger charge is -2.56. The average Bonchev–Trinajstić information content (AvgIpc) is 3.45. The summed E-state index contributed by atoms with van der Waals surface area (Å²) < 4.78 is 33.4. The Morgan fingerprint density at radius 2 is 2.07 bits per heavy atom. The molecule has 1 aromatic carbocycles. The Hall–Kier alpha value is -1.33. The maximum absolute atomic E-state index is 15.2. The van der Waals surface area contributed by atoms with Crippen LogP contribution < -0.4 is 14.8 Å². The van der Waals surface area contributed by atoms with Crippen LogP contribution in [0, 0.1) is 5.92 Å². The molecule has 1 aromatic rings. The molecule has 0 radical (unpaired) electrons. The van der Waals surface area contributed by atoms with Crippen LogP contribution in [0.25, 0.3) is 0 Å². The Morgan fingerprint density at radius 1 is 1.22 bits per heavy atom. The van der Waals surface area contributed by atoms with Crippen molar-refractivity contribution in [3.8, 4) is 11.5 Å². The molecule has 1 aliphatic heterocycles. The van der Waals surface area contributed by atoms with Gasteiger partial charge >= 0.3 is 0 Å². The molecule has 27 heavy (non-hydrogen) atoms. The molecule has 2 saturated carbocycles. The van der Waals surface area contributed by atoms with Crippen LogP contribution in [0.1, 0.15) is 49.7 Å². The molecule has 2 fully saturated rings. The van der Waals surface area contributed by atoms with E-state index in [1.54, 1.807) is 14.2 Å². The fraction of sp³-hybridized carbons (Fsp3) is 0.727. The second-order valence-corrected chi connectivity index (χ2v) is 8.79. The SMILES string of the molecule is COc1ccc2c3c1O[C@@H]1C(F)CC[C@](OC)(CC2)[C@]31CCNCC1CC1. The Labute approximate surface area is 160 Å².